The van der Waals surface area contributed by atoms with Gasteiger partial charge in [0.2, 0.25) is 11.8 Å². The monoisotopic (exact) mass is 423 g/mol. The van der Waals surface area contributed by atoms with Crippen molar-refractivity contribution in [3.63, 3.8) is 0 Å². The molecule has 5 aliphatic rings. The lowest BCUT2D eigenvalue weighted by Crippen LogP contribution is -2.53. The highest BCUT2D eigenvalue weighted by atomic mass is 16.2. The molecule has 6 heteroatoms. The zero-order chi connectivity index (χ0) is 21.4. The van der Waals surface area contributed by atoms with Crippen molar-refractivity contribution >= 4 is 23.4 Å². The van der Waals surface area contributed by atoms with Gasteiger partial charge in [0.15, 0.2) is 0 Å². The fourth-order valence-corrected chi connectivity index (χ4v) is 6.52. The van der Waals surface area contributed by atoms with Gasteiger partial charge < -0.3 is 16.0 Å². The predicted octanol–water partition coefficient (Wildman–Crippen LogP) is 3.63. The molecular weight excluding hydrogens is 390 g/mol. The number of benzene rings is 1. The fraction of sp³-hybridized carbons (Fsp3) is 0.640. The van der Waals surface area contributed by atoms with Crippen molar-refractivity contribution in [2.75, 3.05) is 11.9 Å². The Morgan fingerprint density at radius 2 is 1.58 bits per heavy atom. The van der Waals surface area contributed by atoms with Gasteiger partial charge in [0.1, 0.15) is 0 Å². The summed E-state index contributed by atoms with van der Waals surface area (Å²) < 4.78 is 0. The van der Waals surface area contributed by atoms with E-state index in [4.69, 9.17) is 0 Å². The van der Waals surface area contributed by atoms with Crippen LogP contribution >= 0.6 is 0 Å². The lowest BCUT2D eigenvalue weighted by atomic mass is 9.49. The van der Waals surface area contributed by atoms with Gasteiger partial charge in [-0.1, -0.05) is 12.1 Å². The molecule has 5 aliphatic carbocycles. The first-order valence-corrected chi connectivity index (χ1v) is 12.0. The number of anilines is 1. The van der Waals surface area contributed by atoms with Crippen LogP contribution in [-0.4, -0.2) is 30.3 Å². The summed E-state index contributed by atoms with van der Waals surface area (Å²) >= 11 is 0. The molecule has 6 nitrogen and oxygen atoms in total. The van der Waals surface area contributed by atoms with E-state index in [-0.39, 0.29) is 29.2 Å². The summed E-state index contributed by atoms with van der Waals surface area (Å²) in [7, 11) is 0. The minimum atomic E-state index is -0.138. The summed E-state index contributed by atoms with van der Waals surface area (Å²) in [5.41, 5.74) is 0.909. The summed E-state index contributed by atoms with van der Waals surface area (Å²) in [5, 5.41) is 8.97. The SMILES string of the molecule is O=C(CCCNC(=O)C12CC3CC(CC(C3)C1)C2)Nc1ccccc1C(=O)NC1CC1. The van der Waals surface area contributed by atoms with Crippen LogP contribution in [0.3, 0.4) is 0 Å². The minimum absolute atomic E-state index is 0.129. The molecule has 0 spiro atoms. The maximum absolute atomic E-state index is 13.0. The van der Waals surface area contributed by atoms with Crippen molar-refractivity contribution in [3.05, 3.63) is 29.8 Å². The van der Waals surface area contributed by atoms with Gasteiger partial charge in [0.05, 0.1) is 11.3 Å². The smallest absolute Gasteiger partial charge is 0.253 e. The minimum Gasteiger partial charge on any atom is -0.356 e. The van der Waals surface area contributed by atoms with Crippen LogP contribution < -0.4 is 16.0 Å². The molecule has 0 heterocycles. The van der Waals surface area contributed by atoms with E-state index in [2.05, 4.69) is 16.0 Å². The molecule has 3 amide bonds. The molecule has 6 rings (SSSR count). The number of amides is 3. The van der Waals surface area contributed by atoms with Gasteiger partial charge in [-0.05, 0) is 87.7 Å². The van der Waals surface area contributed by atoms with Crippen LogP contribution in [0.15, 0.2) is 24.3 Å². The second-order valence-electron chi connectivity index (χ2n) is 10.4. The first-order chi connectivity index (χ1) is 15.0. The number of para-hydroxylation sites is 1. The van der Waals surface area contributed by atoms with Crippen molar-refractivity contribution in [2.45, 2.75) is 70.3 Å². The lowest BCUT2D eigenvalue weighted by molar-refractivity contribution is -0.146. The molecule has 0 radical (unpaired) electrons. The number of hydrogen-bond donors (Lipinski definition) is 3. The molecule has 0 aromatic heterocycles. The van der Waals surface area contributed by atoms with E-state index < -0.39 is 0 Å². The summed E-state index contributed by atoms with van der Waals surface area (Å²) in [5.74, 6) is 2.20. The van der Waals surface area contributed by atoms with Gasteiger partial charge in [-0.15, -0.1) is 0 Å². The Labute approximate surface area is 183 Å². The van der Waals surface area contributed by atoms with Gasteiger partial charge >= 0.3 is 0 Å². The third-order valence-corrected chi connectivity index (χ3v) is 7.74. The van der Waals surface area contributed by atoms with Crippen molar-refractivity contribution in [3.8, 4) is 0 Å². The summed E-state index contributed by atoms with van der Waals surface area (Å²) in [4.78, 5) is 37.8. The molecule has 3 N–H and O–H groups in total. The van der Waals surface area contributed by atoms with Crippen LogP contribution in [0, 0.1) is 23.2 Å². The van der Waals surface area contributed by atoms with Crippen molar-refractivity contribution < 1.29 is 14.4 Å². The Hall–Kier alpha value is -2.37. The van der Waals surface area contributed by atoms with Crippen LogP contribution in [0.1, 0.15) is 74.6 Å². The molecule has 4 bridgehead atoms. The summed E-state index contributed by atoms with van der Waals surface area (Å²) in [6.07, 6.45) is 10.1. The van der Waals surface area contributed by atoms with E-state index in [1.165, 1.54) is 19.3 Å². The van der Waals surface area contributed by atoms with E-state index in [0.29, 0.717) is 30.6 Å². The van der Waals surface area contributed by atoms with Gasteiger partial charge in [-0.3, -0.25) is 14.4 Å². The Morgan fingerprint density at radius 3 is 2.23 bits per heavy atom. The van der Waals surface area contributed by atoms with Crippen LogP contribution in [-0.2, 0) is 9.59 Å². The Morgan fingerprint density at radius 1 is 0.935 bits per heavy atom. The number of carbonyl (C=O) groups excluding carboxylic acids is 3. The van der Waals surface area contributed by atoms with E-state index in [9.17, 15) is 14.4 Å². The maximum atomic E-state index is 13.0. The molecule has 0 aliphatic heterocycles. The normalized spacial score (nSPS) is 30.6. The standard InChI is InChI=1S/C25H33N3O3/c29-22(28-21-5-2-1-4-20(21)23(30)27-19-7-8-19)6-3-9-26-24(31)25-13-16-10-17(14-25)12-18(11-16)15-25/h1-2,4-5,16-19H,3,6-15H2,(H,26,31)(H,27,30)(H,28,29). The molecule has 0 saturated heterocycles. The summed E-state index contributed by atoms with van der Waals surface area (Å²) in [6, 6.07) is 7.38. The van der Waals surface area contributed by atoms with Gasteiger partial charge in [-0.25, -0.2) is 0 Å². The fourth-order valence-electron chi connectivity index (χ4n) is 6.52. The number of rotatable bonds is 8. The van der Waals surface area contributed by atoms with Crippen molar-refractivity contribution in [1.82, 2.24) is 10.6 Å². The average molecular weight is 424 g/mol. The third kappa shape index (κ3) is 4.48. The van der Waals surface area contributed by atoms with E-state index >= 15 is 0 Å². The molecule has 0 unspecified atom stereocenters. The first kappa shape index (κ1) is 20.5. The van der Waals surface area contributed by atoms with Crippen molar-refractivity contribution in [2.24, 2.45) is 23.2 Å². The third-order valence-electron chi connectivity index (χ3n) is 7.74. The van der Waals surface area contributed by atoms with Crippen molar-refractivity contribution in [1.29, 1.82) is 0 Å². The predicted molar refractivity (Wildman–Crippen MR) is 118 cm³/mol. The zero-order valence-electron chi connectivity index (χ0n) is 18.1. The molecule has 1 aromatic carbocycles. The maximum Gasteiger partial charge on any atom is 0.253 e. The summed E-state index contributed by atoms with van der Waals surface area (Å²) in [6.45, 7) is 0.526. The van der Waals surface area contributed by atoms with Crippen LogP contribution in [0.4, 0.5) is 5.69 Å². The van der Waals surface area contributed by atoms with Gasteiger partial charge in [0.25, 0.3) is 5.91 Å². The lowest BCUT2D eigenvalue weighted by Gasteiger charge is -2.55. The van der Waals surface area contributed by atoms with Crippen LogP contribution in [0.25, 0.3) is 0 Å². The number of carbonyl (C=O) groups is 3. The topological polar surface area (TPSA) is 87.3 Å². The molecule has 166 valence electrons. The van der Waals surface area contributed by atoms with Crippen LogP contribution in [0.5, 0.6) is 0 Å². The van der Waals surface area contributed by atoms with E-state index in [1.54, 1.807) is 18.2 Å². The average Bonchev–Trinajstić information content (AvgIpc) is 3.54. The number of nitrogens with one attached hydrogen (secondary N) is 3. The Bertz CT molecular complexity index is 841. The van der Waals surface area contributed by atoms with Crippen LogP contribution in [0.2, 0.25) is 0 Å². The highest BCUT2D eigenvalue weighted by molar-refractivity contribution is 6.03. The highest BCUT2D eigenvalue weighted by Gasteiger charge is 2.54. The zero-order valence-corrected chi connectivity index (χ0v) is 18.1. The largest absolute Gasteiger partial charge is 0.356 e. The Balaban J connectivity index is 1.08. The molecule has 31 heavy (non-hydrogen) atoms. The molecule has 1 aromatic rings. The Kier molecular flexibility index (Phi) is 5.49. The van der Waals surface area contributed by atoms with E-state index in [0.717, 1.165) is 49.9 Å². The van der Waals surface area contributed by atoms with E-state index in [1.807, 2.05) is 6.07 Å². The molecule has 5 saturated carbocycles. The van der Waals surface area contributed by atoms with Gasteiger partial charge in [0, 0.05) is 24.4 Å². The number of hydrogen-bond acceptors (Lipinski definition) is 3. The second kappa shape index (κ2) is 8.29. The second-order valence-corrected chi connectivity index (χ2v) is 10.4. The highest BCUT2D eigenvalue weighted by Crippen LogP contribution is 2.60. The van der Waals surface area contributed by atoms with Gasteiger partial charge in [-0.2, -0.15) is 0 Å². The first-order valence-electron chi connectivity index (χ1n) is 12.0. The molecule has 0 atom stereocenters. The quantitative estimate of drug-likeness (QED) is 0.558. The molecule has 5 fully saturated rings. The molecular formula is C25H33N3O3.